The van der Waals surface area contributed by atoms with E-state index in [4.69, 9.17) is 26.8 Å². The highest BCUT2D eigenvalue weighted by atomic mass is 35.5. The van der Waals surface area contributed by atoms with E-state index in [1.54, 1.807) is 30.3 Å². The van der Waals surface area contributed by atoms with Gasteiger partial charge >= 0.3 is 0 Å². The van der Waals surface area contributed by atoms with Crippen molar-refractivity contribution < 1.29 is 28.8 Å². The average Bonchev–Trinajstić information content (AvgIpc) is 2.87. The second-order valence-corrected chi connectivity index (χ2v) is 7.69. The third-order valence-corrected chi connectivity index (χ3v) is 5.09. The Bertz CT molecular complexity index is 1390. The summed E-state index contributed by atoms with van der Waals surface area (Å²) in [4.78, 5) is 46.8. The Morgan fingerprint density at radius 1 is 1.05 bits per heavy atom. The van der Waals surface area contributed by atoms with E-state index in [0.717, 1.165) is 6.07 Å². The number of para-hydroxylation sites is 1. The minimum Gasteiger partial charge on any atom is -0.493 e. The highest BCUT2D eigenvalue weighted by Crippen LogP contribution is 2.27. The molecule has 3 amide bonds. The molecule has 12 nitrogen and oxygen atoms in total. The Hall–Kier alpha value is -4.97. The van der Waals surface area contributed by atoms with Crippen LogP contribution in [0.5, 0.6) is 11.5 Å². The number of primary amides is 1. The van der Waals surface area contributed by atoms with E-state index in [1.807, 2.05) is 0 Å². The maximum atomic E-state index is 12.7. The lowest BCUT2D eigenvalue weighted by molar-refractivity contribution is -0.384. The monoisotopic (exact) mass is 525 g/mol. The molecule has 0 aliphatic rings. The first-order valence-corrected chi connectivity index (χ1v) is 10.8. The number of rotatable bonds is 10. The molecule has 0 aliphatic heterocycles. The van der Waals surface area contributed by atoms with Gasteiger partial charge in [0.1, 0.15) is 0 Å². The van der Waals surface area contributed by atoms with Crippen LogP contribution in [0.15, 0.2) is 65.8 Å². The Morgan fingerprint density at radius 3 is 2.51 bits per heavy atom. The van der Waals surface area contributed by atoms with Gasteiger partial charge in [-0.05, 0) is 42.0 Å². The Morgan fingerprint density at radius 2 is 1.81 bits per heavy atom. The van der Waals surface area contributed by atoms with E-state index in [0.29, 0.717) is 17.1 Å². The molecular formula is C24H20ClN5O7. The van der Waals surface area contributed by atoms with E-state index >= 15 is 0 Å². The zero-order valence-electron chi connectivity index (χ0n) is 19.3. The number of hydrazone groups is 1. The van der Waals surface area contributed by atoms with Crippen LogP contribution < -0.4 is 25.9 Å². The number of nitrogens with zero attached hydrogens (tertiary/aromatic N) is 2. The number of carbonyl (C=O) groups is 3. The van der Waals surface area contributed by atoms with Crippen molar-refractivity contribution >= 4 is 46.9 Å². The SMILES string of the molecule is COc1cc(C=NNC(=O)c2ccccc2NC(=O)c2cc([N+](=O)[O-])ccc2Cl)ccc1OCC(N)=O. The number of non-ortho nitro benzene ring substituents is 1. The molecule has 0 atom stereocenters. The zero-order chi connectivity index (χ0) is 26.9. The summed E-state index contributed by atoms with van der Waals surface area (Å²) in [6.07, 6.45) is 1.35. The molecular weight excluding hydrogens is 506 g/mol. The van der Waals surface area contributed by atoms with Gasteiger partial charge in [-0.15, -0.1) is 0 Å². The number of carbonyl (C=O) groups excluding carboxylic acids is 3. The first kappa shape index (κ1) is 26.6. The first-order valence-electron chi connectivity index (χ1n) is 10.5. The van der Waals surface area contributed by atoms with E-state index < -0.39 is 22.6 Å². The number of nitro groups is 1. The summed E-state index contributed by atoms with van der Waals surface area (Å²) in [6.45, 7) is -0.316. The van der Waals surface area contributed by atoms with Crippen molar-refractivity contribution in [3.8, 4) is 11.5 Å². The lowest BCUT2D eigenvalue weighted by atomic mass is 10.1. The summed E-state index contributed by atoms with van der Waals surface area (Å²) >= 11 is 6.03. The molecule has 4 N–H and O–H groups in total. The summed E-state index contributed by atoms with van der Waals surface area (Å²) in [5.74, 6) is -1.38. The van der Waals surface area contributed by atoms with E-state index in [1.165, 1.54) is 37.6 Å². The van der Waals surface area contributed by atoms with E-state index in [-0.39, 0.29) is 34.1 Å². The normalized spacial score (nSPS) is 10.5. The molecule has 37 heavy (non-hydrogen) atoms. The summed E-state index contributed by atoms with van der Waals surface area (Å²) in [6, 6.07) is 14.3. The molecule has 3 aromatic rings. The van der Waals surface area contributed by atoms with E-state index in [9.17, 15) is 24.5 Å². The largest absolute Gasteiger partial charge is 0.493 e. The van der Waals surface area contributed by atoms with Gasteiger partial charge in [-0.25, -0.2) is 5.43 Å². The van der Waals surface area contributed by atoms with Crippen molar-refractivity contribution in [1.82, 2.24) is 5.43 Å². The third kappa shape index (κ3) is 7.02. The molecule has 0 bridgehead atoms. The van der Waals surface area contributed by atoms with Crippen LogP contribution in [0.2, 0.25) is 5.02 Å². The molecule has 0 radical (unpaired) electrons. The number of hydrogen-bond acceptors (Lipinski definition) is 8. The zero-order valence-corrected chi connectivity index (χ0v) is 20.0. The predicted molar refractivity (Wildman–Crippen MR) is 135 cm³/mol. The molecule has 0 aromatic heterocycles. The van der Waals surface area contributed by atoms with Crippen molar-refractivity contribution in [1.29, 1.82) is 0 Å². The Labute approximate surface area is 215 Å². The number of hydrogen-bond donors (Lipinski definition) is 3. The lowest BCUT2D eigenvalue weighted by Crippen LogP contribution is -2.21. The van der Waals surface area contributed by atoms with Gasteiger partial charge in [-0.2, -0.15) is 5.10 Å². The van der Waals surface area contributed by atoms with Crippen molar-refractivity contribution in [2.24, 2.45) is 10.8 Å². The fourth-order valence-electron chi connectivity index (χ4n) is 3.04. The number of nitro benzene ring substituents is 1. The van der Waals surface area contributed by atoms with E-state index in [2.05, 4.69) is 15.8 Å². The summed E-state index contributed by atoms with van der Waals surface area (Å²) in [7, 11) is 1.42. The van der Waals surface area contributed by atoms with Gasteiger partial charge in [0.2, 0.25) is 0 Å². The predicted octanol–water partition coefficient (Wildman–Crippen LogP) is 3.14. The second kappa shape index (κ2) is 12.1. The van der Waals surface area contributed by atoms with Crippen LogP contribution in [0.3, 0.4) is 0 Å². The quantitative estimate of drug-likeness (QED) is 0.207. The number of benzene rings is 3. The van der Waals surface area contributed by atoms with Crippen molar-refractivity contribution in [3.05, 3.63) is 92.5 Å². The summed E-state index contributed by atoms with van der Waals surface area (Å²) in [5, 5.41) is 17.5. The molecule has 0 unspecified atom stereocenters. The number of nitrogens with one attached hydrogen (secondary N) is 2. The van der Waals surface area contributed by atoms with Gasteiger partial charge in [-0.3, -0.25) is 24.5 Å². The van der Waals surface area contributed by atoms with Gasteiger partial charge in [0, 0.05) is 12.1 Å². The Balaban J connectivity index is 1.72. The number of halogens is 1. The first-order chi connectivity index (χ1) is 17.7. The third-order valence-electron chi connectivity index (χ3n) is 4.76. The molecule has 3 rings (SSSR count). The smallest absolute Gasteiger partial charge is 0.273 e. The molecule has 0 saturated carbocycles. The number of ether oxygens (including phenoxy) is 2. The highest BCUT2D eigenvalue weighted by Gasteiger charge is 2.18. The van der Waals surface area contributed by atoms with Crippen LogP contribution in [0.4, 0.5) is 11.4 Å². The molecule has 0 saturated heterocycles. The molecule has 190 valence electrons. The highest BCUT2D eigenvalue weighted by molar-refractivity contribution is 6.34. The van der Waals surface area contributed by atoms with Crippen LogP contribution in [-0.4, -0.2) is 42.6 Å². The molecule has 0 spiro atoms. The maximum Gasteiger partial charge on any atom is 0.273 e. The van der Waals surface area contributed by atoms with Crippen LogP contribution in [0.25, 0.3) is 0 Å². The number of methoxy groups -OCH3 is 1. The van der Waals surface area contributed by atoms with Gasteiger partial charge in [0.05, 0.1) is 40.1 Å². The molecule has 0 aliphatic carbocycles. The molecule has 0 fully saturated rings. The summed E-state index contributed by atoms with van der Waals surface area (Å²) in [5.41, 5.74) is 7.77. The van der Waals surface area contributed by atoms with Crippen LogP contribution in [0.1, 0.15) is 26.3 Å². The molecule has 0 heterocycles. The topological polar surface area (TPSA) is 175 Å². The minimum atomic E-state index is -0.733. The standard InChI is InChI=1S/C24H20ClN5O7/c1-36-21-10-14(6-9-20(21)37-13-22(26)31)12-27-29-24(33)16-4-2-3-5-19(16)28-23(32)17-11-15(30(34)35)7-8-18(17)25/h2-12H,13H2,1H3,(H2,26,31)(H,28,32)(H,29,33). The Kier molecular flexibility index (Phi) is 8.73. The van der Waals surface area contributed by atoms with Crippen molar-refractivity contribution in [3.63, 3.8) is 0 Å². The number of anilines is 1. The van der Waals surface area contributed by atoms with Crippen LogP contribution in [0, 0.1) is 10.1 Å². The van der Waals surface area contributed by atoms with Gasteiger partial charge < -0.3 is 20.5 Å². The lowest BCUT2D eigenvalue weighted by Gasteiger charge is -2.11. The van der Waals surface area contributed by atoms with Crippen molar-refractivity contribution in [2.75, 3.05) is 19.0 Å². The fourth-order valence-corrected chi connectivity index (χ4v) is 3.24. The fraction of sp³-hybridized carbons (Fsp3) is 0.0833. The molecule has 3 aromatic carbocycles. The van der Waals surface area contributed by atoms with Crippen LogP contribution in [-0.2, 0) is 4.79 Å². The second-order valence-electron chi connectivity index (χ2n) is 7.29. The molecule has 13 heteroatoms. The number of nitrogens with two attached hydrogens (primary N) is 1. The number of amides is 3. The van der Waals surface area contributed by atoms with Crippen molar-refractivity contribution in [2.45, 2.75) is 0 Å². The minimum absolute atomic E-state index is 0.0103. The van der Waals surface area contributed by atoms with Gasteiger partial charge in [0.25, 0.3) is 23.4 Å². The van der Waals surface area contributed by atoms with Gasteiger partial charge in [-0.1, -0.05) is 23.7 Å². The maximum absolute atomic E-state index is 12.7. The van der Waals surface area contributed by atoms with Gasteiger partial charge in [0.15, 0.2) is 18.1 Å². The average molecular weight is 526 g/mol. The summed E-state index contributed by atoms with van der Waals surface area (Å²) < 4.78 is 10.5. The van der Waals surface area contributed by atoms with Crippen LogP contribution >= 0.6 is 11.6 Å².